The van der Waals surface area contributed by atoms with Crippen molar-refractivity contribution in [2.45, 2.75) is 63.0 Å². The highest BCUT2D eigenvalue weighted by Gasteiger charge is 2.55. The Morgan fingerprint density at radius 2 is 1.88 bits per heavy atom. The SMILES string of the molecule is N#CC1(C2(O)CCN3CCCC3C2)CCCC1. The van der Waals surface area contributed by atoms with Crippen LogP contribution < -0.4 is 0 Å². The van der Waals surface area contributed by atoms with Crippen LogP contribution >= 0.6 is 0 Å². The molecule has 3 rings (SSSR count). The number of piperidine rings is 1. The molecule has 0 aromatic carbocycles. The highest BCUT2D eigenvalue weighted by Crippen LogP contribution is 2.52. The highest BCUT2D eigenvalue weighted by molar-refractivity contribution is 5.16. The third-order valence-corrected chi connectivity index (χ3v) is 5.45. The van der Waals surface area contributed by atoms with E-state index in [2.05, 4.69) is 11.0 Å². The summed E-state index contributed by atoms with van der Waals surface area (Å²) in [4.78, 5) is 2.51. The highest BCUT2D eigenvalue weighted by atomic mass is 16.3. The van der Waals surface area contributed by atoms with Crippen LogP contribution in [0.25, 0.3) is 0 Å². The summed E-state index contributed by atoms with van der Waals surface area (Å²) in [6, 6.07) is 3.04. The van der Waals surface area contributed by atoms with E-state index in [0.29, 0.717) is 6.04 Å². The Bertz CT molecular complexity index is 343. The summed E-state index contributed by atoms with van der Waals surface area (Å²) < 4.78 is 0. The van der Waals surface area contributed by atoms with Crippen molar-refractivity contribution < 1.29 is 5.11 Å². The lowest BCUT2D eigenvalue weighted by Crippen LogP contribution is -2.55. The van der Waals surface area contributed by atoms with Crippen LogP contribution in [0.4, 0.5) is 0 Å². The second-order valence-corrected chi connectivity index (χ2v) is 6.22. The Morgan fingerprint density at radius 3 is 2.59 bits per heavy atom. The van der Waals surface area contributed by atoms with Crippen molar-refractivity contribution in [3.63, 3.8) is 0 Å². The average Bonchev–Trinajstić information content (AvgIpc) is 2.97. The minimum atomic E-state index is -0.705. The number of hydrogen-bond acceptors (Lipinski definition) is 3. The van der Waals surface area contributed by atoms with E-state index in [4.69, 9.17) is 0 Å². The van der Waals surface area contributed by atoms with Crippen molar-refractivity contribution in [2.24, 2.45) is 5.41 Å². The molecule has 3 heteroatoms. The molecule has 94 valence electrons. The second kappa shape index (κ2) is 3.96. The van der Waals surface area contributed by atoms with Crippen LogP contribution in [-0.2, 0) is 0 Å². The van der Waals surface area contributed by atoms with Gasteiger partial charge in [0.2, 0.25) is 0 Å². The van der Waals surface area contributed by atoms with E-state index in [9.17, 15) is 10.4 Å². The van der Waals surface area contributed by atoms with Crippen molar-refractivity contribution >= 4 is 0 Å². The van der Waals surface area contributed by atoms with Gasteiger partial charge < -0.3 is 10.0 Å². The predicted octanol–water partition coefficient (Wildman–Crippen LogP) is 2.06. The van der Waals surface area contributed by atoms with Gasteiger partial charge in [0.05, 0.1) is 17.1 Å². The first-order valence-corrected chi connectivity index (χ1v) is 7.07. The van der Waals surface area contributed by atoms with Crippen LogP contribution in [-0.4, -0.2) is 34.7 Å². The molecular formula is C14H22N2O. The molecule has 3 aliphatic rings. The summed E-state index contributed by atoms with van der Waals surface area (Å²) in [6.07, 6.45) is 8.16. The quantitative estimate of drug-likeness (QED) is 0.755. The number of nitrogens with zero attached hydrogens (tertiary/aromatic N) is 2. The Morgan fingerprint density at radius 1 is 1.12 bits per heavy atom. The van der Waals surface area contributed by atoms with Gasteiger partial charge in [0.25, 0.3) is 0 Å². The fourth-order valence-corrected chi connectivity index (χ4v) is 4.34. The smallest absolute Gasteiger partial charge is 0.0861 e. The molecule has 0 aromatic heterocycles. The molecular weight excluding hydrogens is 212 g/mol. The van der Waals surface area contributed by atoms with Gasteiger partial charge in [0.1, 0.15) is 0 Å². The third kappa shape index (κ3) is 1.62. The van der Waals surface area contributed by atoms with Gasteiger partial charge in [0.15, 0.2) is 0 Å². The first kappa shape index (κ1) is 11.5. The van der Waals surface area contributed by atoms with Crippen LogP contribution in [0.2, 0.25) is 0 Å². The largest absolute Gasteiger partial charge is 0.388 e. The molecule has 0 spiro atoms. The van der Waals surface area contributed by atoms with Crippen LogP contribution in [0.3, 0.4) is 0 Å². The fraction of sp³-hybridized carbons (Fsp3) is 0.929. The molecule has 2 aliphatic heterocycles. The van der Waals surface area contributed by atoms with Crippen LogP contribution in [0, 0.1) is 16.7 Å². The Kier molecular flexibility index (Phi) is 2.68. The first-order valence-electron chi connectivity index (χ1n) is 7.07. The van der Waals surface area contributed by atoms with Crippen LogP contribution in [0.1, 0.15) is 51.4 Å². The summed E-state index contributed by atoms with van der Waals surface area (Å²) in [5.74, 6) is 0. The maximum Gasteiger partial charge on any atom is 0.0861 e. The molecule has 0 aromatic rings. The Balaban J connectivity index is 1.83. The summed E-state index contributed by atoms with van der Waals surface area (Å²) in [7, 11) is 0. The topological polar surface area (TPSA) is 47.3 Å². The van der Waals surface area contributed by atoms with E-state index in [0.717, 1.165) is 45.1 Å². The lowest BCUT2D eigenvalue weighted by Gasteiger charge is -2.48. The molecule has 17 heavy (non-hydrogen) atoms. The number of rotatable bonds is 1. The molecule has 2 heterocycles. The predicted molar refractivity (Wildman–Crippen MR) is 65.3 cm³/mol. The number of fused-ring (bicyclic) bond motifs is 1. The van der Waals surface area contributed by atoms with E-state index >= 15 is 0 Å². The molecule has 2 unspecified atom stereocenters. The maximum atomic E-state index is 11.0. The minimum Gasteiger partial charge on any atom is -0.388 e. The second-order valence-electron chi connectivity index (χ2n) is 6.22. The van der Waals surface area contributed by atoms with Gasteiger partial charge in [-0.3, -0.25) is 0 Å². The van der Waals surface area contributed by atoms with Gasteiger partial charge in [-0.05, 0) is 45.1 Å². The maximum absolute atomic E-state index is 11.0. The molecule has 3 fully saturated rings. The zero-order valence-electron chi connectivity index (χ0n) is 10.5. The van der Waals surface area contributed by atoms with E-state index in [1.807, 2.05) is 0 Å². The van der Waals surface area contributed by atoms with Gasteiger partial charge >= 0.3 is 0 Å². The van der Waals surface area contributed by atoms with Gasteiger partial charge in [-0.15, -0.1) is 0 Å². The Labute approximate surface area is 103 Å². The van der Waals surface area contributed by atoms with Crippen molar-refractivity contribution in [2.75, 3.05) is 13.1 Å². The number of nitriles is 1. The minimum absolute atomic E-state index is 0.429. The van der Waals surface area contributed by atoms with Crippen LogP contribution in [0.15, 0.2) is 0 Å². The molecule has 1 saturated carbocycles. The lowest BCUT2D eigenvalue weighted by molar-refractivity contribution is -0.105. The summed E-state index contributed by atoms with van der Waals surface area (Å²) in [6.45, 7) is 2.19. The standard InChI is InChI=1S/C14H22N2O/c15-11-13(5-1-2-6-13)14(17)7-9-16-8-3-4-12(16)10-14/h12,17H,1-10H2. The van der Waals surface area contributed by atoms with E-state index in [-0.39, 0.29) is 0 Å². The van der Waals surface area contributed by atoms with Gasteiger partial charge in [0, 0.05) is 12.6 Å². The summed E-state index contributed by atoms with van der Waals surface area (Å²) >= 11 is 0. The normalized spacial score (nSPS) is 41.1. The van der Waals surface area contributed by atoms with E-state index in [1.54, 1.807) is 0 Å². The number of aliphatic hydroxyl groups is 1. The average molecular weight is 234 g/mol. The molecule has 0 bridgehead atoms. The monoisotopic (exact) mass is 234 g/mol. The van der Waals surface area contributed by atoms with Crippen LogP contribution in [0.5, 0.6) is 0 Å². The third-order valence-electron chi connectivity index (χ3n) is 5.45. The molecule has 0 amide bonds. The Hall–Kier alpha value is -0.590. The first-order chi connectivity index (χ1) is 8.19. The van der Waals surface area contributed by atoms with Crippen molar-refractivity contribution in [1.29, 1.82) is 5.26 Å². The molecule has 2 saturated heterocycles. The summed E-state index contributed by atoms with van der Waals surface area (Å²) in [5.41, 5.74) is -1.13. The van der Waals surface area contributed by atoms with Crippen molar-refractivity contribution in [3.8, 4) is 6.07 Å². The lowest BCUT2D eigenvalue weighted by atomic mass is 9.65. The van der Waals surface area contributed by atoms with E-state index in [1.165, 1.54) is 19.4 Å². The molecule has 3 nitrogen and oxygen atoms in total. The van der Waals surface area contributed by atoms with Gasteiger partial charge in [-0.2, -0.15) is 5.26 Å². The zero-order chi connectivity index (χ0) is 11.9. The zero-order valence-corrected chi connectivity index (χ0v) is 10.5. The van der Waals surface area contributed by atoms with E-state index < -0.39 is 11.0 Å². The molecule has 2 atom stereocenters. The molecule has 1 aliphatic carbocycles. The summed E-state index contributed by atoms with van der Waals surface area (Å²) in [5, 5.41) is 20.6. The molecule has 1 N–H and O–H groups in total. The van der Waals surface area contributed by atoms with Gasteiger partial charge in [-0.25, -0.2) is 0 Å². The van der Waals surface area contributed by atoms with Crippen molar-refractivity contribution in [1.82, 2.24) is 4.90 Å². The van der Waals surface area contributed by atoms with Crippen molar-refractivity contribution in [3.05, 3.63) is 0 Å². The molecule has 0 radical (unpaired) electrons. The van der Waals surface area contributed by atoms with Gasteiger partial charge in [-0.1, -0.05) is 12.8 Å². The fourth-order valence-electron chi connectivity index (χ4n) is 4.34. The number of hydrogen-bond donors (Lipinski definition) is 1.